The van der Waals surface area contributed by atoms with Crippen LogP contribution in [0.3, 0.4) is 0 Å². The number of esters is 1. The van der Waals surface area contributed by atoms with Gasteiger partial charge >= 0.3 is 5.97 Å². The minimum atomic E-state index is -0.134. The highest BCUT2D eigenvalue weighted by molar-refractivity contribution is 5.72. The molecule has 3 atom stereocenters. The normalized spacial score (nSPS) is 31.4. The summed E-state index contributed by atoms with van der Waals surface area (Å²) in [4.78, 5) is 11.4. The molecule has 0 spiro atoms. The number of hydrogen-bond donors (Lipinski definition) is 1. The molecule has 1 aliphatic rings. The van der Waals surface area contributed by atoms with Crippen molar-refractivity contribution in [2.75, 3.05) is 19.8 Å². The highest BCUT2D eigenvalue weighted by Crippen LogP contribution is 2.25. The van der Waals surface area contributed by atoms with Crippen LogP contribution in [0.2, 0.25) is 0 Å². The molecule has 4 nitrogen and oxygen atoms in total. The van der Waals surface area contributed by atoms with E-state index in [1.54, 1.807) is 0 Å². The molecule has 1 saturated heterocycles. The van der Waals surface area contributed by atoms with Gasteiger partial charge in [-0.15, -0.1) is 0 Å². The van der Waals surface area contributed by atoms with Gasteiger partial charge in [0.05, 0.1) is 18.6 Å². The summed E-state index contributed by atoms with van der Waals surface area (Å²) in [5.41, 5.74) is -0.0131. The Morgan fingerprint density at radius 2 is 2.38 bits per heavy atom. The van der Waals surface area contributed by atoms with Crippen LogP contribution in [0, 0.1) is 5.92 Å². The van der Waals surface area contributed by atoms with Gasteiger partial charge in [-0.05, 0) is 27.2 Å². The Morgan fingerprint density at radius 3 is 2.88 bits per heavy atom. The highest BCUT2D eigenvalue weighted by atomic mass is 16.5. The molecule has 0 aromatic rings. The van der Waals surface area contributed by atoms with Crippen molar-refractivity contribution >= 4 is 5.97 Å². The van der Waals surface area contributed by atoms with E-state index < -0.39 is 0 Å². The molecule has 0 saturated carbocycles. The largest absolute Gasteiger partial charge is 0.466 e. The van der Waals surface area contributed by atoms with E-state index in [9.17, 15) is 4.79 Å². The lowest BCUT2D eigenvalue weighted by Crippen LogP contribution is -2.50. The summed E-state index contributed by atoms with van der Waals surface area (Å²) in [7, 11) is 0. The van der Waals surface area contributed by atoms with Crippen LogP contribution in [0.1, 0.15) is 34.1 Å². The summed E-state index contributed by atoms with van der Waals surface area (Å²) >= 11 is 0. The van der Waals surface area contributed by atoms with Gasteiger partial charge in [0.15, 0.2) is 0 Å². The van der Waals surface area contributed by atoms with Gasteiger partial charge < -0.3 is 14.8 Å². The summed E-state index contributed by atoms with van der Waals surface area (Å²) in [6.07, 6.45) is 1.19. The zero-order valence-electron chi connectivity index (χ0n) is 10.7. The first-order valence-corrected chi connectivity index (χ1v) is 6.03. The number of rotatable bonds is 5. The Kier molecular flexibility index (Phi) is 4.74. The molecule has 1 N–H and O–H groups in total. The Balaban J connectivity index is 2.36. The molecular weight excluding hydrogens is 206 g/mol. The molecule has 1 heterocycles. The second-order valence-corrected chi connectivity index (χ2v) is 4.71. The zero-order valence-corrected chi connectivity index (χ0v) is 10.7. The van der Waals surface area contributed by atoms with Crippen LogP contribution < -0.4 is 5.32 Å². The third-order valence-electron chi connectivity index (χ3n) is 3.39. The predicted octanol–water partition coefficient (Wildman–Crippen LogP) is 1.34. The number of hydrogen-bond acceptors (Lipinski definition) is 4. The molecule has 1 aliphatic heterocycles. The maximum atomic E-state index is 11.4. The third kappa shape index (κ3) is 3.19. The van der Waals surface area contributed by atoms with Crippen LogP contribution in [0.15, 0.2) is 0 Å². The van der Waals surface area contributed by atoms with Crippen molar-refractivity contribution in [3.63, 3.8) is 0 Å². The number of ether oxygens (including phenoxy) is 2. The maximum Gasteiger partial charge on any atom is 0.309 e. The van der Waals surface area contributed by atoms with Crippen LogP contribution in [-0.2, 0) is 14.3 Å². The SMILES string of the molecule is CCOC(=O)C(C)CNC1(C)CCOC1C. The predicted molar refractivity (Wildman–Crippen MR) is 62.2 cm³/mol. The second kappa shape index (κ2) is 5.64. The zero-order chi connectivity index (χ0) is 12.2. The summed E-state index contributed by atoms with van der Waals surface area (Å²) < 4.78 is 10.5. The quantitative estimate of drug-likeness (QED) is 0.723. The van der Waals surface area contributed by atoms with Gasteiger partial charge in [0.2, 0.25) is 0 Å². The molecule has 0 aromatic heterocycles. The number of nitrogens with one attached hydrogen (secondary N) is 1. The molecule has 94 valence electrons. The van der Waals surface area contributed by atoms with Crippen molar-refractivity contribution in [3.8, 4) is 0 Å². The van der Waals surface area contributed by atoms with E-state index in [1.807, 2.05) is 13.8 Å². The van der Waals surface area contributed by atoms with Crippen molar-refractivity contribution in [2.24, 2.45) is 5.92 Å². The molecule has 4 heteroatoms. The third-order valence-corrected chi connectivity index (χ3v) is 3.39. The van der Waals surface area contributed by atoms with E-state index in [-0.39, 0.29) is 23.5 Å². The van der Waals surface area contributed by atoms with E-state index >= 15 is 0 Å². The van der Waals surface area contributed by atoms with Gasteiger partial charge in [0.25, 0.3) is 0 Å². The van der Waals surface area contributed by atoms with Gasteiger partial charge in [-0.3, -0.25) is 4.79 Å². The molecule has 0 bridgehead atoms. The van der Waals surface area contributed by atoms with Gasteiger partial charge in [-0.2, -0.15) is 0 Å². The smallest absolute Gasteiger partial charge is 0.309 e. The molecule has 16 heavy (non-hydrogen) atoms. The monoisotopic (exact) mass is 229 g/mol. The fourth-order valence-electron chi connectivity index (χ4n) is 1.82. The summed E-state index contributed by atoms with van der Waals surface area (Å²) in [5, 5.41) is 3.42. The summed E-state index contributed by atoms with van der Waals surface area (Å²) in [6.45, 7) is 9.79. The summed E-state index contributed by atoms with van der Waals surface area (Å²) in [6, 6.07) is 0. The van der Waals surface area contributed by atoms with E-state index in [2.05, 4.69) is 19.2 Å². The van der Waals surface area contributed by atoms with E-state index in [0.717, 1.165) is 13.0 Å². The first-order chi connectivity index (χ1) is 7.49. The fourth-order valence-corrected chi connectivity index (χ4v) is 1.82. The van der Waals surface area contributed by atoms with Crippen molar-refractivity contribution in [2.45, 2.75) is 45.8 Å². The van der Waals surface area contributed by atoms with Crippen molar-refractivity contribution in [1.82, 2.24) is 5.32 Å². The van der Waals surface area contributed by atoms with Gasteiger partial charge in [-0.1, -0.05) is 6.92 Å². The number of carbonyl (C=O) groups excluding carboxylic acids is 1. The van der Waals surface area contributed by atoms with E-state index in [1.165, 1.54) is 0 Å². The van der Waals surface area contributed by atoms with Gasteiger partial charge in [-0.25, -0.2) is 0 Å². The van der Waals surface area contributed by atoms with Crippen LogP contribution in [0.4, 0.5) is 0 Å². The van der Waals surface area contributed by atoms with Crippen LogP contribution in [-0.4, -0.2) is 37.4 Å². The van der Waals surface area contributed by atoms with E-state index in [4.69, 9.17) is 9.47 Å². The topological polar surface area (TPSA) is 47.6 Å². The first-order valence-electron chi connectivity index (χ1n) is 6.03. The van der Waals surface area contributed by atoms with Crippen molar-refractivity contribution in [1.29, 1.82) is 0 Å². The maximum absolute atomic E-state index is 11.4. The average Bonchev–Trinajstić information content (AvgIpc) is 2.57. The minimum absolute atomic E-state index is 0.0131. The molecule has 3 unspecified atom stereocenters. The van der Waals surface area contributed by atoms with Crippen molar-refractivity contribution in [3.05, 3.63) is 0 Å². The average molecular weight is 229 g/mol. The Morgan fingerprint density at radius 1 is 1.69 bits per heavy atom. The lowest BCUT2D eigenvalue weighted by Gasteiger charge is -2.30. The van der Waals surface area contributed by atoms with E-state index in [0.29, 0.717) is 13.2 Å². The molecule has 0 amide bonds. The van der Waals surface area contributed by atoms with Crippen LogP contribution in [0.5, 0.6) is 0 Å². The molecule has 0 aromatic carbocycles. The van der Waals surface area contributed by atoms with Gasteiger partial charge in [0.1, 0.15) is 0 Å². The molecule has 1 rings (SSSR count). The Bertz CT molecular complexity index is 244. The van der Waals surface area contributed by atoms with Gasteiger partial charge in [0, 0.05) is 18.7 Å². The first kappa shape index (κ1) is 13.5. The Hall–Kier alpha value is -0.610. The minimum Gasteiger partial charge on any atom is -0.466 e. The van der Waals surface area contributed by atoms with Crippen molar-refractivity contribution < 1.29 is 14.3 Å². The lowest BCUT2D eigenvalue weighted by atomic mass is 9.94. The molecule has 0 aliphatic carbocycles. The standard InChI is InChI=1S/C12H23NO3/c1-5-15-11(14)9(2)8-13-12(4)6-7-16-10(12)3/h9-10,13H,5-8H2,1-4H3. The Labute approximate surface area is 97.7 Å². The highest BCUT2D eigenvalue weighted by Gasteiger charge is 2.37. The fraction of sp³-hybridized carbons (Fsp3) is 0.917. The second-order valence-electron chi connectivity index (χ2n) is 4.71. The molecule has 0 radical (unpaired) electrons. The molecular formula is C12H23NO3. The number of carbonyl (C=O) groups is 1. The lowest BCUT2D eigenvalue weighted by molar-refractivity contribution is -0.147. The molecule has 1 fully saturated rings. The van der Waals surface area contributed by atoms with Crippen LogP contribution in [0.25, 0.3) is 0 Å². The van der Waals surface area contributed by atoms with Crippen LogP contribution >= 0.6 is 0 Å². The summed E-state index contributed by atoms with van der Waals surface area (Å²) in [5.74, 6) is -0.241.